The number of fused-ring (bicyclic) bond motifs is 8. The fraction of sp³-hybridized carbons (Fsp3) is 0.107. The summed E-state index contributed by atoms with van der Waals surface area (Å²) < 4.78 is 1.30. The van der Waals surface area contributed by atoms with Gasteiger partial charge in [-0.25, -0.2) is 0 Å². The van der Waals surface area contributed by atoms with Crippen LogP contribution in [-0.4, -0.2) is 6.85 Å². The second-order valence-corrected chi connectivity index (χ2v) is 18.7. The summed E-state index contributed by atoms with van der Waals surface area (Å²) in [7, 11) is 0. The normalized spacial score (nSPS) is 14.4. The van der Waals surface area contributed by atoms with Crippen LogP contribution >= 0.6 is 11.3 Å². The van der Waals surface area contributed by atoms with E-state index in [1.54, 1.807) is 0 Å². The Hall–Kier alpha value is -6.62. The number of hydrogen-bond donors (Lipinski definition) is 0. The van der Waals surface area contributed by atoms with Gasteiger partial charge >= 0.3 is 6.85 Å². The summed E-state index contributed by atoms with van der Waals surface area (Å²) in [5.74, 6) is 0. The van der Waals surface area contributed by atoms with Crippen molar-refractivity contribution in [3.8, 4) is 22.3 Å². The van der Waals surface area contributed by atoms with E-state index in [0.717, 1.165) is 0 Å². The molecule has 0 fully saturated rings. The Balaban J connectivity index is 1.23. The topological polar surface area (TPSA) is 6.48 Å². The average molecular weight is 787 g/mol. The first-order valence-electron chi connectivity index (χ1n) is 21.1. The van der Waals surface area contributed by atoms with Crippen LogP contribution < -0.4 is 20.6 Å². The number of hydrogen-bond acceptors (Lipinski definition) is 3. The Morgan fingerprint density at radius 3 is 1.90 bits per heavy atom. The van der Waals surface area contributed by atoms with Crippen molar-refractivity contribution < 1.29 is 0 Å². The van der Waals surface area contributed by atoms with E-state index < -0.39 is 5.41 Å². The zero-order valence-electron chi connectivity index (χ0n) is 34.3. The highest BCUT2D eigenvalue weighted by atomic mass is 32.1. The number of aryl methyl sites for hydroxylation is 1. The number of rotatable bonds is 4. The van der Waals surface area contributed by atoms with Crippen molar-refractivity contribution in [2.75, 3.05) is 9.71 Å². The van der Waals surface area contributed by atoms with Gasteiger partial charge in [0, 0.05) is 32.9 Å². The first-order chi connectivity index (χ1) is 29.3. The zero-order chi connectivity index (χ0) is 40.3. The molecule has 4 heteroatoms. The Morgan fingerprint density at radius 1 is 0.517 bits per heavy atom. The van der Waals surface area contributed by atoms with Crippen LogP contribution in [0.3, 0.4) is 0 Å². The minimum absolute atomic E-state index is 0.00187. The molecule has 0 aliphatic carbocycles. The maximum Gasteiger partial charge on any atom is 0.334 e. The summed E-state index contributed by atoms with van der Waals surface area (Å²) in [4.78, 5) is 5.36. The maximum atomic E-state index is 2.74. The van der Waals surface area contributed by atoms with Crippen LogP contribution in [0.1, 0.15) is 54.2 Å². The number of thiophene rings is 1. The SMILES string of the molecule is Cc1cc2c3c(c1)N(c1ccc(C(C)(C)C)cc1-c1ccccc1)c1sc4ccccc4c1B3N1c3ccccc3C(c3ccccc3)(c3ccccc3)c3cccc-2c31. The van der Waals surface area contributed by atoms with Gasteiger partial charge in [-0.05, 0) is 103 Å². The van der Waals surface area contributed by atoms with E-state index >= 15 is 0 Å². The first kappa shape index (κ1) is 35.3. The highest BCUT2D eigenvalue weighted by Crippen LogP contribution is 2.61. The van der Waals surface area contributed by atoms with Crippen LogP contribution in [0.4, 0.5) is 27.8 Å². The molecule has 8 aromatic carbocycles. The molecule has 12 rings (SSSR count). The van der Waals surface area contributed by atoms with E-state index in [9.17, 15) is 0 Å². The molecule has 0 bridgehead atoms. The average Bonchev–Trinajstić information content (AvgIpc) is 3.67. The Morgan fingerprint density at radius 2 is 1.17 bits per heavy atom. The summed E-state index contributed by atoms with van der Waals surface area (Å²) in [6.07, 6.45) is 0. The second kappa shape index (κ2) is 12.9. The molecule has 0 radical (unpaired) electrons. The molecule has 2 nitrogen and oxygen atoms in total. The molecular formula is C56H43BN2S. The van der Waals surface area contributed by atoms with E-state index in [4.69, 9.17) is 0 Å². The molecule has 4 heterocycles. The molecule has 0 amide bonds. The third-order valence-corrected chi connectivity index (χ3v) is 14.5. The van der Waals surface area contributed by atoms with Gasteiger partial charge in [0.05, 0.1) is 16.1 Å². The van der Waals surface area contributed by atoms with E-state index in [2.05, 4.69) is 225 Å². The molecule has 0 spiro atoms. The molecule has 1 aromatic heterocycles. The highest BCUT2D eigenvalue weighted by molar-refractivity contribution is 7.26. The van der Waals surface area contributed by atoms with Crippen molar-refractivity contribution in [1.82, 2.24) is 0 Å². The lowest BCUT2D eigenvalue weighted by molar-refractivity contribution is 0.590. The fourth-order valence-electron chi connectivity index (χ4n) is 10.8. The Labute approximate surface area is 357 Å². The molecule has 3 aliphatic rings. The summed E-state index contributed by atoms with van der Waals surface area (Å²) in [5.41, 5.74) is 20.0. The third-order valence-electron chi connectivity index (χ3n) is 13.3. The van der Waals surface area contributed by atoms with Crippen LogP contribution in [0, 0.1) is 6.92 Å². The molecule has 9 aromatic rings. The summed E-state index contributed by atoms with van der Waals surface area (Å²) in [6, 6.07) is 71.0. The van der Waals surface area contributed by atoms with Crippen LogP contribution in [0.2, 0.25) is 0 Å². The van der Waals surface area contributed by atoms with Crippen molar-refractivity contribution in [2.45, 2.75) is 38.5 Å². The molecular weight excluding hydrogens is 744 g/mol. The van der Waals surface area contributed by atoms with E-state index in [1.807, 2.05) is 11.3 Å². The van der Waals surface area contributed by atoms with Gasteiger partial charge in [0.15, 0.2) is 0 Å². The fourth-order valence-corrected chi connectivity index (χ4v) is 12.0. The quantitative estimate of drug-likeness (QED) is 0.164. The number of anilines is 5. The lowest BCUT2D eigenvalue weighted by Crippen LogP contribution is -2.63. The molecule has 0 N–H and O–H groups in total. The number of benzene rings is 8. The lowest BCUT2D eigenvalue weighted by atomic mass is 9.42. The van der Waals surface area contributed by atoms with Crippen molar-refractivity contribution >= 4 is 66.9 Å². The van der Waals surface area contributed by atoms with Gasteiger partial charge in [-0.15, -0.1) is 11.3 Å². The van der Waals surface area contributed by atoms with Crippen LogP contribution in [0.25, 0.3) is 32.3 Å². The second-order valence-electron chi connectivity index (χ2n) is 17.7. The van der Waals surface area contributed by atoms with Crippen molar-refractivity contribution in [1.29, 1.82) is 0 Å². The zero-order valence-corrected chi connectivity index (χ0v) is 35.1. The van der Waals surface area contributed by atoms with Gasteiger partial charge in [-0.1, -0.05) is 178 Å². The van der Waals surface area contributed by atoms with E-state index in [0.29, 0.717) is 0 Å². The predicted octanol–water partition coefficient (Wildman–Crippen LogP) is 13.6. The van der Waals surface area contributed by atoms with Crippen molar-refractivity contribution in [2.24, 2.45) is 0 Å². The summed E-state index contributed by atoms with van der Waals surface area (Å²) in [5, 5.41) is 2.60. The van der Waals surface area contributed by atoms with Crippen molar-refractivity contribution in [3.63, 3.8) is 0 Å². The molecule has 0 unspecified atom stereocenters. The highest BCUT2D eigenvalue weighted by Gasteiger charge is 2.54. The molecule has 3 aliphatic heterocycles. The van der Waals surface area contributed by atoms with Gasteiger partial charge in [0.1, 0.15) is 0 Å². The Kier molecular flexibility index (Phi) is 7.62. The molecule has 0 atom stereocenters. The van der Waals surface area contributed by atoms with Gasteiger partial charge in [0.25, 0.3) is 0 Å². The first-order valence-corrected chi connectivity index (χ1v) is 22.0. The smallest absolute Gasteiger partial charge is 0.334 e. The van der Waals surface area contributed by atoms with Gasteiger partial charge < -0.3 is 9.71 Å². The summed E-state index contributed by atoms with van der Waals surface area (Å²) in [6.45, 7) is 9.16. The van der Waals surface area contributed by atoms with E-state index in [1.165, 1.54) is 104 Å². The largest absolute Gasteiger partial charge is 0.376 e. The number of nitrogens with zero attached hydrogens (tertiary/aromatic N) is 2. The molecule has 286 valence electrons. The predicted molar refractivity (Wildman–Crippen MR) is 256 cm³/mol. The van der Waals surface area contributed by atoms with Gasteiger partial charge in [-0.2, -0.15) is 0 Å². The summed E-state index contributed by atoms with van der Waals surface area (Å²) >= 11 is 1.92. The minimum atomic E-state index is -0.537. The molecule has 0 saturated carbocycles. The van der Waals surface area contributed by atoms with Crippen LogP contribution in [0.15, 0.2) is 188 Å². The minimum Gasteiger partial charge on any atom is -0.376 e. The monoisotopic (exact) mass is 786 g/mol. The van der Waals surface area contributed by atoms with E-state index in [-0.39, 0.29) is 12.3 Å². The standard InChI is InChI=1S/C56H43BN2S/c1-36-33-44-41-26-18-28-46-53(41)59(48-29-16-15-27-45(48)56(46,38-21-10-6-11-22-38)39-23-12-7-13-24-39)57-51(44)49(34-36)58(54-52(57)42-25-14-17-30-50(42)60-54)47-32-31-40(55(2,3)4)35-43(47)37-19-8-5-9-20-37/h5-35H,1-4H3. The van der Waals surface area contributed by atoms with Crippen LogP contribution in [0.5, 0.6) is 0 Å². The number of para-hydroxylation sites is 2. The van der Waals surface area contributed by atoms with Crippen LogP contribution in [-0.2, 0) is 10.8 Å². The van der Waals surface area contributed by atoms with Gasteiger partial charge in [-0.3, -0.25) is 0 Å². The molecule has 0 saturated heterocycles. The third kappa shape index (κ3) is 4.83. The Bertz CT molecular complexity index is 3120. The lowest BCUT2D eigenvalue weighted by Gasteiger charge is -2.52. The van der Waals surface area contributed by atoms with Crippen molar-refractivity contribution in [3.05, 3.63) is 221 Å². The maximum absolute atomic E-state index is 2.74. The van der Waals surface area contributed by atoms with Gasteiger partial charge in [0.2, 0.25) is 0 Å². The molecule has 60 heavy (non-hydrogen) atoms.